The highest BCUT2D eigenvalue weighted by Crippen LogP contribution is 2.60. The van der Waals surface area contributed by atoms with Gasteiger partial charge in [0.25, 0.3) is 0 Å². The topological polar surface area (TPSA) is 95.2 Å². The molecule has 4 rings (SSSR count). The summed E-state index contributed by atoms with van der Waals surface area (Å²) in [5.41, 5.74) is -0.143. The van der Waals surface area contributed by atoms with Crippen LogP contribution in [0.15, 0.2) is 121 Å². The van der Waals surface area contributed by atoms with E-state index in [2.05, 4.69) is 24.3 Å². The number of rotatable bonds is 7. The molecule has 0 aliphatic carbocycles. The van der Waals surface area contributed by atoms with Crippen LogP contribution in [0.25, 0.3) is 0 Å². The minimum Gasteiger partial charge on any atom is -0.197 e. The van der Waals surface area contributed by atoms with Gasteiger partial charge in [-0.3, -0.25) is 0 Å². The fourth-order valence-electron chi connectivity index (χ4n) is 5.62. The molecule has 0 saturated carbocycles. The Kier molecular flexibility index (Phi) is 6.93. The van der Waals surface area contributed by atoms with Crippen LogP contribution in [0.2, 0.25) is 0 Å². The van der Waals surface area contributed by atoms with Crippen LogP contribution < -0.4 is 0 Å². The summed E-state index contributed by atoms with van der Waals surface area (Å²) in [6.07, 6.45) is 0. The number of hydrogen-bond donors (Lipinski definition) is 0. The average molecular weight is 463 g/mol. The summed E-state index contributed by atoms with van der Waals surface area (Å²) in [4.78, 5) is 0. The molecule has 170 valence electrons. The molecule has 0 atom stereocenters. The van der Waals surface area contributed by atoms with Gasteiger partial charge in [-0.05, 0) is 22.3 Å². The Hall–Kier alpha value is -5.16. The van der Waals surface area contributed by atoms with Gasteiger partial charge in [-0.1, -0.05) is 121 Å². The summed E-state index contributed by atoms with van der Waals surface area (Å²) >= 11 is 0. The number of nitrogens with zero attached hydrogens (tertiary/aromatic N) is 4. The molecule has 0 bridgehead atoms. The van der Waals surface area contributed by atoms with E-state index in [4.69, 9.17) is 0 Å². The van der Waals surface area contributed by atoms with Crippen molar-refractivity contribution in [3.63, 3.8) is 0 Å². The molecule has 0 amide bonds. The van der Waals surface area contributed by atoms with Crippen molar-refractivity contribution in [2.45, 2.75) is 10.8 Å². The zero-order valence-electron chi connectivity index (χ0n) is 19.5. The molecule has 4 aromatic carbocycles. The lowest BCUT2D eigenvalue weighted by atomic mass is 9.44. The second-order valence-electron chi connectivity index (χ2n) is 8.46. The Bertz CT molecular complexity index is 1250. The highest BCUT2D eigenvalue weighted by molar-refractivity contribution is 5.60. The first kappa shape index (κ1) is 24.0. The normalized spacial score (nSPS) is 11.2. The van der Waals surface area contributed by atoms with Crippen molar-refractivity contribution in [3.8, 4) is 24.3 Å². The lowest BCUT2D eigenvalue weighted by Crippen LogP contribution is -2.58. The van der Waals surface area contributed by atoms with Crippen molar-refractivity contribution in [1.82, 2.24) is 0 Å². The predicted octanol–water partition coefficient (Wildman–Crippen LogP) is 6.29. The zero-order valence-corrected chi connectivity index (χ0v) is 19.5. The Balaban J connectivity index is 2.40. The first-order valence-electron chi connectivity index (χ1n) is 11.5. The highest BCUT2D eigenvalue weighted by atomic mass is 14.6. The van der Waals surface area contributed by atoms with E-state index in [-0.39, 0.29) is 0 Å². The quantitative estimate of drug-likeness (QED) is 0.323. The molecule has 0 radical (unpaired) electrons. The van der Waals surface area contributed by atoms with Crippen LogP contribution in [0.1, 0.15) is 22.3 Å². The van der Waals surface area contributed by atoms with Crippen LogP contribution in [0, 0.1) is 57.2 Å². The minimum absolute atomic E-state index is 0.674. The monoisotopic (exact) mass is 462 g/mol. The Morgan fingerprint density at radius 3 is 0.722 bits per heavy atom. The molecule has 0 aliphatic heterocycles. The Morgan fingerprint density at radius 1 is 0.361 bits per heavy atom. The van der Waals surface area contributed by atoms with Crippen molar-refractivity contribution in [1.29, 1.82) is 21.0 Å². The molecule has 4 heteroatoms. The average Bonchev–Trinajstić information content (AvgIpc) is 2.97. The van der Waals surface area contributed by atoms with Crippen molar-refractivity contribution >= 4 is 0 Å². The SMILES string of the molecule is N#CC(C#N)C(c1ccccc1)(c1ccccc1)C(c1ccccc1)(c1ccccc1)C(C#N)C#N. The molecular formula is C32H22N4. The molecule has 0 N–H and O–H groups in total. The third-order valence-electron chi connectivity index (χ3n) is 6.92. The lowest BCUT2D eigenvalue weighted by molar-refractivity contribution is 0.242. The lowest BCUT2D eigenvalue weighted by Gasteiger charge is -2.53. The molecule has 4 nitrogen and oxygen atoms in total. The van der Waals surface area contributed by atoms with E-state index in [0.29, 0.717) is 22.3 Å². The minimum atomic E-state index is -1.42. The van der Waals surface area contributed by atoms with Crippen LogP contribution >= 0.6 is 0 Å². The first-order chi connectivity index (χ1) is 17.7. The van der Waals surface area contributed by atoms with Crippen LogP contribution in [0.3, 0.4) is 0 Å². The van der Waals surface area contributed by atoms with Gasteiger partial charge in [0.1, 0.15) is 11.8 Å². The molecule has 36 heavy (non-hydrogen) atoms. The maximum Gasteiger partial charge on any atom is 0.148 e. The third kappa shape index (κ3) is 3.51. The first-order valence-corrected chi connectivity index (χ1v) is 11.5. The van der Waals surface area contributed by atoms with E-state index >= 15 is 0 Å². The summed E-state index contributed by atoms with van der Waals surface area (Å²) in [6.45, 7) is 0. The zero-order chi connectivity index (χ0) is 25.4. The van der Waals surface area contributed by atoms with Gasteiger partial charge >= 0.3 is 0 Å². The number of nitriles is 4. The van der Waals surface area contributed by atoms with E-state index in [1.165, 1.54) is 0 Å². The van der Waals surface area contributed by atoms with Gasteiger partial charge in [0, 0.05) is 0 Å². The van der Waals surface area contributed by atoms with Crippen LogP contribution in [0.4, 0.5) is 0 Å². The molecule has 0 aliphatic rings. The molecular weight excluding hydrogens is 440 g/mol. The van der Waals surface area contributed by atoms with Gasteiger partial charge in [0.15, 0.2) is 0 Å². The highest BCUT2D eigenvalue weighted by Gasteiger charge is 2.64. The van der Waals surface area contributed by atoms with Crippen molar-refractivity contribution in [2.24, 2.45) is 11.8 Å². The molecule has 0 unspecified atom stereocenters. The molecule has 4 aromatic rings. The second-order valence-corrected chi connectivity index (χ2v) is 8.46. The van der Waals surface area contributed by atoms with E-state index in [1.807, 2.05) is 121 Å². The maximum atomic E-state index is 10.5. The smallest absolute Gasteiger partial charge is 0.148 e. The van der Waals surface area contributed by atoms with Gasteiger partial charge in [0.2, 0.25) is 0 Å². The van der Waals surface area contributed by atoms with Gasteiger partial charge < -0.3 is 0 Å². The van der Waals surface area contributed by atoms with E-state index in [9.17, 15) is 21.0 Å². The largest absolute Gasteiger partial charge is 0.197 e. The summed E-state index contributed by atoms with van der Waals surface area (Å²) in [7, 11) is 0. The second kappa shape index (κ2) is 10.4. The molecule has 0 saturated heterocycles. The summed E-state index contributed by atoms with van der Waals surface area (Å²) in [5, 5.41) is 42.1. The molecule has 0 spiro atoms. The molecule has 0 heterocycles. The Labute approximate surface area is 211 Å². The maximum absolute atomic E-state index is 10.5. The fraction of sp³-hybridized carbons (Fsp3) is 0.125. The molecule has 0 aromatic heterocycles. The fourth-order valence-corrected chi connectivity index (χ4v) is 5.62. The standard InChI is InChI=1S/C32H22N4/c33-21-29(22-34)31(25-13-5-1-6-14-25,26-15-7-2-8-16-26)32(30(23-35)24-36,27-17-9-3-10-18-27)28-19-11-4-12-20-28/h1-20,29-30H. The summed E-state index contributed by atoms with van der Waals surface area (Å²) in [6, 6.07) is 46.3. The van der Waals surface area contributed by atoms with Crippen molar-refractivity contribution in [2.75, 3.05) is 0 Å². The van der Waals surface area contributed by atoms with Gasteiger partial charge in [-0.25, -0.2) is 0 Å². The van der Waals surface area contributed by atoms with Gasteiger partial charge in [-0.15, -0.1) is 0 Å². The number of benzene rings is 4. The van der Waals surface area contributed by atoms with E-state index < -0.39 is 22.7 Å². The summed E-state index contributed by atoms with van der Waals surface area (Å²) in [5.74, 6) is -2.49. The van der Waals surface area contributed by atoms with Crippen molar-refractivity contribution in [3.05, 3.63) is 144 Å². The van der Waals surface area contributed by atoms with Crippen LogP contribution in [-0.4, -0.2) is 0 Å². The van der Waals surface area contributed by atoms with Crippen LogP contribution in [-0.2, 0) is 10.8 Å². The van der Waals surface area contributed by atoms with Crippen LogP contribution in [0.5, 0.6) is 0 Å². The van der Waals surface area contributed by atoms with Gasteiger partial charge in [0.05, 0.1) is 35.1 Å². The van der Waals surface area contributed by atoms with E-state index in [1.54, 1.807) is 0 Å². The van der Waals surface area contributed by atoms with Gasteiger partial charge in [-0.2, -0.15) is 21.0 Å². The Morgan fingerprint density at radius 2 is 0.556 bits per heavy atom. The number of hydrogen-bond acceptors (Lipinski definition) is 4. The predicted molar refractivity (Wildman–Crippen MR) is 137 cm³/mol. The van der Waals surface area contributed by atoms with Crippen molar-refractivity contribution < 1.29 is 0 Å². The molecule has 0 fully saturated rings. The summed E-state index contributed by atoms with van der Waals surface area (Å²) < 4.78 is 0. The van der Waals surface area contributed by atoms with E-state index in [0.717, 1.165) is 0 Å². The third-order valence-corrected chi connectivity index (χ3v) is 6.92.